The zero-order chi connectivity index (χ0) is 16.3. The molecule has 0 radical (unpaired) electrons. The SMILES string of the molecule is Cc1nc2c3c(nc(=O)n(I)c3c1F)N1CCN(I)CC1SS2. The lowest BCUT2D eigenvalue weighted by Crippen LogP contribution is -2.49. The number of anilines is 1. The minimum absolute atomic E-state index is 0.156. The second kappa shape index (κ2) is 6.14. The van der Waals surface area contributed by atoms with E-state index in [2.05, 4.69) is 40.8 Å². The molecule has 0 bridgehead atoms. The smallest absolute Gasteiger partial charge is 0.340 e. The summed E-state index contributed by atoms with van der Waals surface area (Å²) in [6.45, 7) is 4.10. The van der Waals surface area contributed by atoms with Gasteiger partial charge in [0.05, 0.1) is 33.9 Å². The molecule has 2 aliphatic heterocycles. The van der Waals surface area contributed by atoms with Crippen molar-refractivity contribution in [3.8, 4) is 0 Å². The molecule has 0 aliphatic carbocycles. The summed E-state index contributed by atoms with van der Waals surface area (Å²) in [6.07, 6.45) is 0. The fourth-order valence-electron chi connectivity index (χ4n) is 2.73. The molecule has 4 rings (SSSR count). The van der Waals surface area contributed by atoms with Gasteiger partial charge in [0.25, 0.3) is 0 Å². The number of pyridine rings is 1. The van der Waals surface area contributed by atoms with Crippen LogP contribution in [0.25, 0.3) is 10.9 Å². The van der Waals surface area contributed by atoms with Gasteiger partial charge in [0.1, 0.15) is 21.7 Å². The molecule has 0 saturated carbocycles. The van der Waals surface area contributed by atoms with E-state index in [-0.39, 0.29) is 10.9 Å². The predicted octanol–water partition coefficient (Wildman–Crippen LogP) is 2.99. The van der Waals surface area contributed by atoms with Crippen LogP contribution in [0.1, 0.15) is 5.69 Å². The van der Waals surface area contributed by atoms with Crippen LogP contribution >= 0.6 is 67.3 Å². The lowest BCUT2D eigenvalue weighted by Gasteiger charge is -2.38. The monoisotopic (exact) mass is 577 g/mol. The summed E-state index contributed by atoms with van der Waals surface area (Å²) in [5.41, 5.74) is 0.141. The van der Waals surface area contributed by atoms with Crippen LogP contribution in [0.3, 0.4) is 0 Å². The Morgan fingerprint density at radius 2 is 2.09 bits per heavy atom. The molecule has 0 N–H and O–H groups in total. The van der Waals surface area contributed by atoms with Gasteiger partial charge in [-0.3, -0.25) is 0 Å². The molecule has 0 amide bonds. The molecule has 2 aromatic heterocycles. The summed E-state index contributed by atoms with van der Waals surface area (Å²) in [6, 6.07) is 0. The number of hydrogen-bond acceptors (Lipinski definition) is 7. The second-order valence-electron chi connectivity index (χ2n) is 5.24. The normalized spacial score (nSPS) is 21.4. The maximum Gasteiger partial charge on any atom is 0.359 e. The number of nitrogens with zero attached hydrogens (tertiary/aromatic N) is 5. The fraction of sp³-hybridized carbons (Fsp3) is 0.417. The average molecular weight is 577 g/mol. The summed E-state index contributed by atoms with van der Waals surface area (Å²) in [5.74, 6) is 0.113. The average Bonchev–Trinajstić information content (AvgIpc) is 2.65. The van der Waals surface area contributed by atoms with Gasteiger partial charge in [-0.1, -0.05) is 10.8 Å². The van der Waals surface area contributed by atoms with Crippen molar-refractivity contribution in [3.05, 3.63) is 22.0 Å². The van der Waals surface area contributed by atoms with Crippen LogP contribution < -0.4 is 10.6 Å². The first-order chi connectivity index (χ1) is 11.0. The van der Waals surface area contributed by atoms with Gasteiger partial charge in [0, 0.05) is 42.5 Å². The topological polar surface area (TPSA) is 54.3 Å². The maximum atomic E-state index is 14.7. The number of aromatic nitrogens is 3. The van der Waals surface area contributed by atoms with E-state index in [9.17, 15) is 9.18 Å². The lowest BCUT2D eigenvalue weighted by molar-refractivity contribution is 0.442. The number of halogens is 3. The molecule has 2 aromatic rings. The largest absolute Gasteiger partial charge is 0.359 e. The standard InChI is InChI=1S/C12H10FI2N5OS2/c1-5-8(13)9-7-10(17-12(21)20(9)15)19-3-2-18(14)4-6(19)22-23-11(7)16-5/h6H,2-4H2,1H3. The van der Waals surface area contributed by atoms with E-state index in [1.54, 1.807) is 17.7 Å². The Morgan fingerprint density at radius 1 is 1.30 bits per heavy atom. The first-order valence-corrected chi connectivity index (χ1v) is 10.9. The molecule has 2 aliphatic rings. The summed E-state index contributed by atoms with van der Waals surface area (Å²) in [5, 5.41) is 1.53. The molecule has 0 aromatic carbocycles. The van der Waals surface area contributed by atoms with Crippen LogP contribution in [-0.2, 0) is 0 Å². The van der Waals surface area contributed by atoms with E-state index in [4.69, 9.17) is 0 Å². The van der Waals surface area contributed by atoms with Gasteiger partial charge in [-0.05, 0) is 17.7 Å². The molecular weight excluding hydrogens is 567 g/mol. The first kappa shape index (κ1) is 16.6. The number of fused-ring (bicyclic) bond motifs is 2. The van der Waals surface area contributed by atoms with Gasteiger partial charge >= 0.3 is 5.69 Å². The predicted molar refractivity (Wildman–Crippen MR) is 108 cm³/mol. The molecule has 1 fully saturated rings. The van der Waals surface area contributed by atoms with Crippen molar-refractivity contribution in [3.63, 3.8) is 0 Å². The van der Waals surface area contributed by atoms with Crippen molar-refractivity contribution in [2.75, 3.05) is 24.5 Å². The van der Waals surface area contributed by atoms with E-state index < -0.39 is 11.5 Å². The Labute approximate surface area is 167 Å². The lowest BCUT2D eigenvalue weighted by atomic mass is 10.2. The van der Waals surface area contributed by atoms with Gasteiger partial charge in [-0.15, -0.1) is 0 Å². The van der Waals surface area contributed by atoms with Crippen molar-refractivity contribution >= 4 is 84.0 Å². The number of hydrogen-bond donors (Lipinski definition) is 0. The molecule has 122 valence electrons. The zero-order valence-electron chi connectivity index (χ0n) is 11.8. The van der Waals surface area contributed by atoms with Crippen molar-refractivity contribution in [1.82, 2.24) is 15.9 Å². The van der Waals surface area contributed by atoms with Crippen LogP contribution in [0.15, 0.2) is 9.82 Å². The van der Waals surface area contributed by atoms with Crippen LogP contribution in [0.5, 0.6) is 0 Å². The van der Waals surface area contributed by atoms with E-state index in [1.165, 1.54) is 13.6 Å². The number of aryl methyl sites for hydroxylation is 1. The third-order valence-electron chi connectivity index (χ3n) is 3.83. The summed E-state index contributed by atoms with van der Waals surface area (Å²) < 4.78 is 18.2. The van der Waals surface area contributed by atoms with Crippen LogP contribution in [0.2, 0.25) is 0 Å². The molecule has 11 heteroatoms. The summed E-state index contributed by atoms with van der Waals surface area (Å²) >= 11 is 4.12. The van der Waals surface area contributed by atoms with E-state index in [1.807, 2.05) is 22.9 Å². The van der Waals surface area contributed by atoms with Crippen molar-refractivity contribution in [1.29, 1.82) is 0 Å². The maximum absolute atomic E-state index is 14.7. The van der Waals surface area contributed by atoms with Crippen molar-refractivity contribution < 1.29 is 4.39 Å². The minimum atomic E-state index is -0.449. The molecule has 23 heavy (non-hydrogen) atoms. The zero-order valence-corrected chi connectivity index (χ0v) is 17.7. The van der Waals surface area contributed by atoms with Crippen molar-refractivity contribution in [2.45, 2.75) is 17.3 Å². The van der Waals surface area contributed by atoms with Crippen LogP contribution in [-0.4, -0.2) is 40.9 Å². The van der Waals surface area contributed by atoms with Crippen LogP contribution in [0, 0.1) is 12.7 Å². The molecule has 6 nitrogen and oxygen atoms in total. The quantitative estimate of drug-likeness (QED) is 0.271. The van der Waals surface area contributed by atoms with E-state index in [0.717, 1.165) is 24.7 Å². The van der Waals surface area contributed by atoms with Gasteiger partial charge in [-0.25, -0.2) is 20.1 Å². The van der Waals surface area contributed by atoms with E-state index in [0.29, 0.717) is 16.9 Å². The van der Waals surface area contributed by atoms with Gasteiger partial charge < -0.3 is 4.90 Å². The van der Waals surface area contributed by atoms with Gasteiger partial charge in [-0.2, -0.15) is 4.98 Å². The summed E-state index contributed by atoms with van der Waals surface area (Å²) in [7, 11) is 3.22. The molecule has 0 spiro atoms. The highest BCUT2D eigenvalue weighted by molar-refractivity contribution is 14.1. The Kier molecular flexibility index (Phi) is 4.43. The highest BCUT2D eigenvalue weighted by atomic mass is 127. The third-order valence-corrected chi connectivity index (χ3v) is 8.21. The fourth-order valence-corrected chi connectivity index (χ4v) is 6.80. The molecule has 1 unspecified atom stereocenters. The third kappa shape index (κ3) is 2.66. The Balaban J connectivity index is 2.06. The Hall–Kier alpha value is 0.140. The number of rotatable bonds is 0. The molecular formula is C12H10FI2N5OS2. The molecule has 4 heterocycles. The van der Waals surface area contributed by atoms with Gasteiger partial charge in [0.15, 0.2) is 5.82 Å². The molecule has 1 atom stereocenters. The number of piperazine rings is 1. The first-order valence-electron chi connectivity index (χ1n) is 6.77. The second-order valence-corrected chi connectivity index (χ2v) is 9.93. The Morgan fingerprint density at radius 3 is 2.87 bits per heavy atom. The minimum Gasteiger partial charge on any atom is -0.340 e. The van der Waals surface area contributed by atoms with E-state index >= 15 is 0 Å². The van der Waals surface area contributed by atoms with Crippen LogP contribution in [0.4, 0.5) is 10.2 Å². The summed E-state index contributed by atoms with van der Waals surface area (Å²) in [4.78, 5) is 23.0. The Bertz CT molecular complexity index is 879. The van der Waals surface area contributed by atoms with Gasteiger partial charge in [0.2, 0.25) is 0 Å². The van der Waals surface area contributed by atoms with Crippen molar-refractivity contribution in [2.24, 2.45) is 0 Å². The molecule has 1 saturated heterocycles. The highest BCUT2D eigenvalue weighted by Gasteiger charge is 2.34. The highest BCUT2D eigenvalue weighted by Crippen LogP contribution is 2.47.